The van der Waals surface area contributed by atoms with Gasteiger partial charge in [0.2, 0.25) is 11.8 Å². The normalized spacial score (nSPS) is 20.2. The number of fused-ring (bicyclic) bond motifs is 1. The molecule has 2 aliphatic heterocycles. The van der Waals surface area contributed by atoms with Crippen LogP contribution in [0.2, 0.25) is 0 Å². The van der Waals surface area contributed by atoms with Gasteiger partial charge in [-0.1, -0.05) is 36.4 Å². The van der Waals surface area contributed by atoms with E-state index in [1.807, 2.05) is 57.2 Å². The Balaban J connectivity index is 1.46. The Morgan fingerprint density at radius 2 is 1.50 bits per heavy atom. The van der Waals surface area contributed by atoms with Gasteiger partial charge in [-0.05, 0) is 36.1 Å². The lowest BCUT2D eigenvalue weighted by Gasteiger charge is -2.35. The molecular formula is C24H29N3O3. The van der Waals surface area contributed by atoms with Crippen molar-refractivity contribution in [1.29, 1.82) is 0 Å². The van der Waals surface area contributed by atoms with Gasteiger partial charge in [-0.2, -0.15) is 0 Å². The highest BCUT2D eigenvalue weighted by atomic mass is 16.2. The van der Waals surface area contributed by atoms with Crippen molar-refractivity contribution in [3.8, 4) is 0 Å². The van der Waals surface area contributed by atoms with Crippen LogP contribution in [-0.2, 0) is 9.59 Å². The van der Waals surface area contributed by atoms with Gasteiger partial charge in [0.1, 0.15) is 0 Å². The van der Waals surface area contributed by atoms with Crippen molar-refractivity contribution in [2.45, 2.75) is 26.2 Å². The molecule has 158 valence electrons. The number of rotatable bonds is 2. The lowest BCUT2D eigenvalue weighted by molar-refractivity contribution is -0.137. The number of piperidine rings is 1. The minimum atomic E-state index is -0.165. The third kappa shape index (κ3) is 4.18. The van der Waals surface area contributed by atoms with E-state index in [1.54, 1.807) is 6.92 Å². The molecule has 1 unspecified atom stereocenters. The van der Waals surface area contributed by atoms with Crippen molar-refractivity contribution in [1.82, 2.24) is 14.7 Å². The summed E-state index contributed by atoms with van der Waals surface area (Å²) in [7, 11) is 0. The van der Waals surface area contributed by atoms with E-state index in [1.165, 1.54) is 0 Å². The number of amides is 3. The zero-order valence-electron chi connectivity index (χ0n) is 17.5. The fraction of sp³-hybridized carbons (Fsp3) is 0.458. The van der Waals surface area contributed by atoms with E-state index >= 15 is 0 Å². The second kappa shape index (κ2) is 8.86. The summed E-state index contributed by atoms with van der Waals surface area (Å²) in [6.45, 7) is 5.28. The zero-order chi connectivity index (χ0) is 21.1. The highest BCUT2D eigenvalue weighted by molar-refractivity contribution is 6.07. The molecule has 2 fully saturated rings. The van der Waals surface area contributed by atoms with Gasteiger partial charge in [-0.25, -0.2) is 0 Å². The van der Waals surface area contributed by atoms with Crippen molar-refractivity contribution in [2.24, 2.45) is 5.92 Å². The van der Waals surface area contributed by atoms with Crippen molar-refractivity contribution in [3.63, 3.8) is 0 Å². The van der Waals surface area contributed by atoms with Crippen LogP contribution in [0.1, 0.15) is 36.5 Å². The van der Waals surface area contributed by atoms with Crippen LogP contribution in [0.15, 0.2) is 42.5 Å². The van der Waals surface area contributed by atoms with Gasteiger partial charge in [0.05, 0.1) is 5.92 Å². The molecule has 0 saturated carbocycles. The quantitative estimate of drug-likeness (QED) is 0.769. The van der Waals surface area contributed by atoms with Crippen molar-refractivity contribution in [2.75, 3.05) is 39.3 Å². The number of nitrogens with zero attached hydrogens (tertiary/aromatic N) is 3. The van der Waals surface area contributed by atoms with E-state index in [9.17, 15) is 14.4 Å². The highest BCUT2D eigenvalue weighted by Gasteiger charge is 2.32. The fourth-order valence-corrected chi connectivity index (χ4v) is 4.66. The molecule has 2 saturated heterocycles. The first-order valence-corrected chi connectivity index (χ1v) is 10.9. The van der Waals surface area contributed by atoms with Crippen molar-refractivity contribution >= 4 is 28.5 Å². The third-order valence-electron chi connectivity index (χ3n) is 6.33. The molecule has 2 aromatic rings. The largest absolute Gasteiger partial charge is 0.341 e. The molecule has 6 nitrogen and oxygen atoms in total. The van der Waals surface area contributed by atoms with Gasteiger partial charge in [0, 0.05) is 51.8 Å². The Bertz CT molecular complexity index is 952. The summed E-state index contributed by atoms with van der Waals surface area (Å²) in [6.07, 6.45) is 2.45. The van der Waals surface area contributed by atoms with E-state index in [2.05, 4.69) is 0 Å². The molecule has 6 heteroatoms. The molecule has 4 rings (SSSR count). The standard InChI is InChI=1S/C24H29N3O3/c1-18(28)25-13-6-14-26(16-15-25)23(29)20-9-5-12-27(17-20)24(30)22-11-4-8-19-7-2-3-10-21(19)22/h2-4,7-8,10-11,20H,5-6,9,12-17H2,1H3. The van der Waals surface area contributed by atoms with E-state index in [0.717, 1.165) is 30.0 Å². The minimum absolute atomic E-state index is 0.00270. The summed E-state index contributed by atoms with van der Waals surface area (Å²) in [4.78, 5) is 43.7. The number of carbonyl (C=O) groups is 3. The van der Waals surface area contributed by atoms with Gasteiger partial charge in [0.15, 0.2) is 0 Å². The molecular weight excluding hydrogens is 378 g/mol. The Kier molecular flexibility index (Phi) is 6.02. The fourth-order valence-electron chi connectivity index (χ4n) is 4.66. The number of hydrogen-bond donors (Lipinski definition) is 0. The lowest BCUT2D eigenvalue weighted by atomic mass is 9.95. The molecule has 2 aliphatic rings. The van der Waals surface area contributed by atoms with E-state index in [-0.39, 0.29) is 23.6 Å². The van der Waals surface area contributed by atoms with Crippen LogP contribution in [0.3, 0.4) is 0 Å². The predicted octanol–water partition coefficient (Wildman–Crippen LogP) is 2.77. The summed E-state index contributed by atoms with van der Waals surface area (Å²) < 4.78 is 0. The van der Waals surface area contributed by atoms with Gasteiger partial charge in [0.25, 0.3) is 5.91 Å². The Hall–Kier alpha value is -2.89. The predicted molar refractivity (Wildman–Crippen MR) is 116 cm³/mol. The molecule has 1 atom stereocenters. The monoisotopic (exact) mass is 407 g/mol. The van der Waals surface area contributed by atoms with Crippen LogP contribution in [0, 0.1) is 5.92 Å². The molecule has 0 bridgehead atoms. The minimum Gasteiger partial charge on any atom is -0.341 e. The van der Waals surface area contributed by atoms with Crippen LogP contribution >= 0.6 is 0 Å². The number of hydrogen-bond acceptors (Lipinski definition) is 3. The summed E-state index contributed by atoms with van der Waals surface area (Å²) in [5.41, 5.74) is 0.702. The molecule has 0 radical (unpaired) electrons. The second-order valence-corrected chi connectivity index (χ2v) is 8.30. The topological polar surface area (TPSA) is 60.9 Å². The van der Waals surface area contributed by atoms with E-state index < -0.39 is 0 Å². The maximum atomic E-state index is 13.3. The highest BCUT2D eigenvalue weighted by Crippen LogP contribution is 2.25. The Labute approximate surface area is 177 Å². The van der Waals surface area contributed by atoms with E-state index in [0.29, 0.717) is 44.8 Å². The Morgan fingerprint density at radius 1 is 0.800 bits per heavy atom. The maximum Gasteiger partial charge on any atom is 0.254 e. The van der Waals surface area contributed by atoms with Gasteiger partial charge < -0.3 is 14.7 Å². The lowest BCUT2D eigenvalue weighted by Crippen LogP contribution is -2.47. The molecule has 30 heavy (non-hydrogen) atoms. The number of likely N-dealkylation sites (tertiary alicyclic amines) is 1. The molecule has 0 spiro atoms. The van der Waals surface area contributed by atoms with Crippen LogP contribution in [-0.4, -0.2) is 71.7 Å². The van der Waals surface area contributed by atoms with E-state index in [4.69, 9.17) is 0 Å². The first kappa shape index (κ1) is 20.4. The summed E-state index contributed by atoms with van der Waals surface area (Å²) in [5, 5.41) is 2.00. The first-order valence-electron chi connectivity index (χ1n) is 10.9. The number of carbonyl (C=O) groups excluding carboxylic acids is 3. The molecule has 3 amide bonds. The van der Waals surface area contributed by atoms with Crippen LogP contribution in [0.5, 0.6) is 0 Å². The molecule has 0 aromatic heterocycles. The Morgan fingerprint density at radius 3 is 2.33 bits per heavy atom. The summed E-state index contributed by atoms with van der Waals surface area (Å²) in [6, 6.07) is 13.7. The maximum absolute atomic E-state index is 13.3. The number of benzene rings is 2. The molecule has 0 N–H and O–H groups in total. The van der Waals surface area contributed by atoms with Gasteiger partial charge in [-0.3, -0.25) is 14.4 Å². The average molecular weight is 408 g/mol. The van der Waals surface area contributed by atoms with Gasteiger partial charge >= 0.3 is 0 Å². The second-order valence-electron chi connectivity index (χ2n) is 8.30. The summed E-state index contributed by atoms with van der Waals surface area (Å²) >= 11 is 0. The molecule has 2 heterocycles. The van der Waals surface area contributed by atoms with Crippen LogP contribution in [0.25, 0.3) is 10.8 Å². The zero-order valence-corrected chi connectivity index (χ0v) is 17.5. The van der Waals surface area contributed by atoms with Gasteiger partial charge in [-0.15, -0.1) is 0 Å². The first-order chi connectivity index (χ1) is 14.5. The SMILES string of the molecule is CC(=O)N1CCCN(C(=O)C2CCCN(C(=O)c3cccc4ccccc34)C2)CC1. The van der Waals surface area contributed by atoms with Crippen molar-refractivity contribution < 1.29 is 14.4 Å². The van der Waals surface area contributed by atoms with Crippen molar-refractivity contribution in [3.05, 3.63) is 48.0 Å². The average Bonchev–Trinajstić information content (AvgIpc) is 3.04. The summed E-state index contributed by atoms with van der Waals surface area (Å²) in [5.74, 6) is 0.0223. The third-order valence-corrected chi connectivity index (χ3v) is 6.33. The van der Waals surface area contributed by atoms with Crippen LogP contribution < -0.4 is 0 Å². The molecule has 0 aliphatic carbocycles. The smallest absolute Gasteiger partial charge is 0.254 e. The molecule has 2 aromatic carbocycles. The van der Waals surface area contributed by atoms with Crippen LogP contribution in [0.4, 0.5) is 0 Å².